The molecule has 1 fully saturated rings. The van der Waals surface area contributed by atoms with Crippen molar-refractivity contribution in [1.82, 2.24) is 0 Å². The molecule has 2 nitrogen and oxygen atoms in total. The molecular weight excluding hydrogens is 263 g/mol. The Morgan fingerprint density at radius 3 is 2.57 bits per heavy atom. The van der Waals surface area contributed by atoms with E-state index in [0.29, 0.717) is 0 Å². The van der Waals surface area contributed by atoms with Crippen LogP contribution in [0, 0.1) is 5.41 Å². The van der Waals surface area contributed by atoms with Crippen molar-refractivity contribution >= 4 is 39.2 Å². The maximum Gasteiger partial charge on any atom is 0.504 e. The molecule has 0 bridgehead atoms. The van der Waals surface area contributed by atoms with E-state index in [9.17, 15) is 0 Å². The Morgan fingerprint density at radius 2 is 2.07 bits per heavy atom. The smallest absolute Gasteiger partial charge is 0.406 e. The van der Waals surface area contributed by atoms with Gasteiger partial charge in [0.25, 0.3) is 0 Å². The normalized spacial score (nSPS) is 21.2. The largest absolute Gasteiger partial charge is 0.504 e. The van der Waals surface area contributed by atoms with Crippen LogP contribution in [0.15, 0.2) is 15.9 Å². The lowest BCUT2D eigenvalue weighted by Crippen LogP contribution is -2.46. The Labute approximate surface area is 96.9 Å². The van der Waals surface area contributed by atoms with Gasteiger partial charge in [-0.25, -0.2) is 0 Å². The summed E-state index contributed by atoms with van der Waals surface area (Å²) in [5.74, 6) is 0. The van der Waals surface area contributed by atoms with Crippen LogP contribution in [0.25, 0.3) is 0 Å². The van der Waals surface area contributed by atoms with E-state index >= 15 is 0 Å². The van der Waals surface area contributed by atoms with Gasteiger partial charge in [0.1, 0.15) is 0 Å². The zero-order chi connectivity index (χ0) is 10.2. The van der Waals surface area contributed by atoms with Crippen molar-refractivity contribution in [2.45, 2.75) is 13.8 Å². The summed E-state index contributed by atoms with van der Waals surface area (Å²) in [6, 6.07) is 2.05. The van der Waals surface area contributed by atoms with Gasteiger partial charge in [-0.3, -0.25) is 0 Å². The van der Waals surface area contributed by atoms with Crippen LogP contribution in [0.4, 0.5) is 0 Å². The standard InChI is InChI=1S/C9H12BBrO2S/c1-9(2)5-12-10(13-6-9)8-3-7(11)4-14-8/h3-4H,5-6H2,1-2H3. The molecule has 0 radical (unpaired) electrons. The first kappa shape index (κ1) is 10.7. The average molecular weight is 275 g/mol. The van der Waals surface area contributed by atoms with Crippen LogP contribution in [0.1, 0.15) is 13.8 Å². The van der Waals surface area contributed by atoms with Crippen LogP contribution in [0.5, 0.6) is 0 Å². The lowest BCUT2D eigenvalue weighted by molar-refractivity contribution is 0.0346. The van der Waals surface area contributed by atoms with Gasteiger partial charge >= 0.3 is 7.12 Å². The number of thiophene rings is 1. The molecule has 0 spiro atoms. The predicted octanol–water partition coefficient (Wildman–Crippen LogP) is 2.28. The maximum atomic E-state index is 5.66. The predicted molar refractivity (Wildman–Crippen MR) is 63.1 cm³/mol. The van der Waals surface area contributed by atoms with Crippen LogP contribution in [-0.4, -0.2) is 20.3 Å². The van der Waals surface area contributed by atoms with Gasteiger partial charge in [0.05, 0.1) is 0 Å². The SMILES string of the molecule is CC1(C)COB(c2cc(Br)cs2)OC1. The monoisotopic (exact) mass is 274 g/mol. The van der Waals surface area contributed by atoms with Crippen molar-refractivity contribution < 1.29 is 9.31 Å². The molecule has 1 aliphatic heterocycles. The summed E-state index contributed by atoms with van der Waals surface area (Å²) >= 11 is 5.08. The zero-order valence-electron chi connectivity index (χ0n) is 8.25. The van der Waals surface area contributed by atoms with Gasteiger partial charge in [0.2, 0.25) is 0 Å². The first-order valence-electron chi connectivity index (χ1n) is 4.54. The summed E-state index contributed by atoms with van der Waals surface area (Å²) in [5.41, 5.74) is 0.144. The quantitative estimate of drug-likeness (QED) is 0.732. The summed E-state index contributed by atoms with van der Waals surface area (Å²) in [4.78, 5) is 0. The Hall–Kier alpha value is 0.165. The first-order chi connectivity index (χ1) is 6.57. The topological polar surface area (TPSA) is 18.5 Å². The molecule has 0 aromatic carbocycles. The average Bonchev–Trinajstić information content (AvgIpc) is 2.52. The van der Waals surface area contributed by atoms with E-state index < -0.39 is 0 Å². The minimum atomic E-state index is -0.167. The molecule has 0 N–H and O–H groups in total. The van der Waals surface area contributed by atoms with Crippen molar-refractivity contribution in [3.63, 3.8) is 0 Å². The lowest BCUT2D eigenvalue weighted by Gasteiger charge is -2.32. The molecule has 1 saturated heterocycles. The highest BCUT2D eigenvalue weighted by Gasteiger charge is 2.34. The van der Waals surface area contributed by atoms with E-state index in [4.69, 9.17) is 9.31 Å². The number of halogens is 1. The highest BCUT2D eigenvalue weighted by atomic mass is 79.9. The molecule has 2 rings (SSSR count). The summed E-state index contributed by atoms with van der Waals surface area (Å²) in [6.07, 6.45) is 0. The molecule has 14 heavy (non-hydrogen) atoms. The highest BCUT2D eigenvalue weighted by Crippen LogP contribution is 2.22. The third-order valence-electron chi connectivity index (χ3n) is 2.07. The fourth-order valence-corrected chi connectivity index (χ4v) is 2.75. The summed E-state index contributed by atoms with van der Waals surface area (Å²) in [7, 11) is -0.167. The van der Waals surface area contributed by atoms with Crippen molar-refractivity contribution in [2.75, 3.05) is 13.2 Å². The minimum absolute atomic E-state index is 0.144. The zero-order valence-corrected chi connectivity index (χ0v) is 10.7. The van der Waals surface area contributed by atoms with E-state index in [-0.39, 0.29) is 12.5 Å². The van der Waals surface area contributed by atoms with E-state index in [1.807, 2.05) is 11.4 Å². The van der Waals surface area contributed by atoms with Crippen molar-refractivity contribution in [1.29, 1.82) is 0 Å². The highest BCUT2D eigenvalue weighted by molar-refractivity contribution is 9.10. The molecule has 5 heteroatoms. The Morgan fingerprint density at radius 1 is 1.43 bits per heavy atom. The fourth-order valence-electron chi connectivity index (χ4n) is 1.31. The second-order valence-corrected chi connectivity index (χ2v) is 6.14. The van der Waals surface area contributed by atoms with Crippen molar-refractivity contribution in [2.24, 2.45) is 5.41 Å². The van der Waals surface area contributed by atoms with E-state index in [2.05, 4.69) is 29.8 Å². The van der Waals surface area contributed by atoms with Gasteiger partial charge in [0, 0.05) is 33.3 Å². The fraction of sp³-hybridized carbons (Fsp3) is 0.556. The minimum Gasteiger partial charge on any atom is -0.406 e. The Bertz CT molecular complexity index is 316. The van der Waals surface area contributed by atoms with E-state index in [1.165, 1.54) is 0 Å². The van der Waals surface area contributed by atoms with E-state index in [1.54, 1.807) is 11.3 Å². The van der Waals surface area contributed by atoms with Gasteiger partial charge in [-0.2, -0.15) is 11.3 Å². The maximum absolute atomic E-state index is 5.66. The Balaban J connectivity index is 2.02. The molecule has 0 amide bonds. The molecule has 2 heterocycles. The van der Waals surface area contributed by atoms with E-state index in [0.717, 1.165) is 22.5 Å². The third-order valence-corrected chi connectivity index (χ3v) is 3.79. The number of hydrogen-bond donors (Lipinski definition) is 0. The molecule has 76 valence electrons. The van der Waals surface area contributed by atoms with Crippen LogP contribution in [0.2, 0.25) is 0 Å². The van der Waals surface area contributed by atoms with Gasteiger partial charge in [-0.05, 0) is 22.0 Å². The van der Waals surface area contributed by atoms with Gasteiger partial charge in [0.15, 0.2) is 0 Å². The van der Waals surface area contributed by atoms with Gasteiger partial charge < -0.3 is 9.31 Å². The van der Waals surface area contributed by atoms with Crippen molar-refractivity contribution in [3.05, 3.63) is 15.9 Å². The van der Waals surface area contributed by atoms with Crippen LogP contribution < -0.4 is 4.78 Å². The molecule has 0 atom stereocenters. The molecule has 1 aliphatic rings. The first-order valence-corrected chi connectivity index (χ1v) is 6.21. The van der Waals surface area contributed by atoms with Crippen LogP contribution in [-0.2, 0) is 9.31 Å². The number of rotatable bonds is 1. The molecule has 1 aromatic rings. The molecular formula is C9H12BBrO2S. The van der Waals surface area contributed by atoms with Crippen LogP contribution >= 0.6 is 27.3 Å². The van der Waals surface area contributed by atoms with Crippen LogP contribution in [0.3, 0.4) is 0 Å². The second-order valence-electron chi connectivity index (χ2n) is 4.29. The molecule has 1 aromatic heterocycles. The molecule has 0 saturated carbocycles. The second kappa shape index (κ2) is 3.97. The number of hydrogen-bond acceptors (Lipinski definition) is 3. The summed E-state index contributed by atoms with van der Waals surface area (Å²) < 4.78 is 13.5. The van der Waals surface area contributed by atoms with Gasteiger partial charge in [-0.1, -0.05) is 13.8 Å². The van der Waals surface area contributed by atoms with Gasteiger partial charge in [-0.15, -0.1) is 0 Å². The Kier molecular flexibility index (Phi) is 3.02. The summed E-state index contributed by atoms with van der Waals surface area (Å²) in [6.45, 7) is 5.81. The molecule has 0 aliphatic carbocycles. The summed E-state index contributed by atoms with van der Waals surface area (Å²) in [5, 5.41) is 2.04. The molecule has 0 unspecified atom stereocenters. The van der Waals surface area contributed by atoms with Crippen molar-refractivity contribution in [3.8, 4) is 0 Å². The lowest BCUT2D eigenvalue weighted by atomic mass is 9.82. The third kappa shape index (κ3) is 2.39.